The molecule has 62 heavy (non-hydrogen) atoms. The van der Waals surface area contributed by atoms with Gasteiger partial charge in [0.2, 0.25) is 0 Å². The van der Waals surface area contributed by atoms with Crippen molar-refractivity contribution in [1.29, 1.82) is 0 Å². The van der Waals surface area contributed by atoms with E-state index >= 15 is 0 Å². The average Bonchev–Trinajstić information content (AvgIpc) is 4.01. The van der Waals surface area contributed by atoms with Crippen molar-refractivity contribution in [2.75, 3.05) is 0 Å². The zero-order valence-electron chi connectivity index (χ0n) is 36.6. The number of nitrogens with zero attached hydrogens (tertiary/aromatic N) is 4. The van der Waals surface area contributed by atoms with Crippen LogP contribution >= 0.6 is 7.60 Å². The van der Waals surface area contributed by atoms with Crippen molar-refractivity contribution in [3.63, 3.8) is 0 Å². The fraction of sp³-hybridized carbons (Fsp3) is 0.170. The summed E-state index contributed by atoms with van der Waals surface area (Å²) in [4.78, 5) is 41.9. The standard InChI is InChI=1S/C53H47N4O3P.Zn/c1-28-22-31(4)47(32(5)23-28)51-41-16-14-39(54-41)50(37-10-12-38(13-11-37)61(58,59)60)40-15-17-42(55-40)52(48-33(6)24-29(2)25-34(48)7)44-19-21-46(57-44)53(45-20-18-43(51)56-45)49-35(8)26-30(3)27-36(49)9;/h10-27H,1-9H3,(H2,58,59,60);/q-2;+2. The SMILES string of the molecule is Cc1cc(C)c(-c2c3nc(c(-c4c(C)cc(C)cc4C)c4ccc([n-]4)c(-c4c(C)cc(C)cc4C)c4nc(c(-c5ccc(P(=O)(O)O)cc5)c5ccc2[n-]5)C=C4)C=C3)c(C)c1.[Zn+2]. The molecule has 2 N–H and O–H groups in total. The van der Waals surface area contributed by atoms with E-state index in [0.717, 1.165) is 112 Å². The summed E-state index contributed by atoms with van der Waals surface area (Å²) in [5.74, 6) is 0. The summed E-state index contributed by atoms with van der Waals surface area (Å²) >= 11 is 0. The molecule has 0 aliphatic carbocycles. The molecular formula is C53H47N4O3PZn. The van der Waals surface area contributed by atoms with E-state index in [1.165, 1.54) is 28.8 Å². The monoisotopic (exact) mass is 882 g/mol. The molecule has 0 radical (unpaired) electrons. The van der Waals surface area contributed by atoms with Crippen molar-refractivity contribution in [2.45, 2.75) is 62.3 Å². The van der Waals surface area contributed by atoms with Crippen LogP contribution in [0.4, 0.5) is 0 Å². The van der Waals surface area contributed by atoms with Gasteiger partial charge in [0, 0.05) is 0 Å². The van der Waals surface area contributed by atoms with E-state index in [1.54, 1.807) is 12.1 Å². The van der Waals surface area contributed by atoms with Crippen LogP contribution in [0.25, 0.3) is 90.9 Å². The van der Waals surface area contributed by atoms with Crippen LogP contribution in [-0.4, -0.2) is 19.8 Å². The van der Waals surface area contributed by atoms with Crippen LogP contribution in [0.3, 0.4) is 0 Å². The van der Waals surface area contributed by atoms with Crippen molar-refractivity contribution >= 4 is 59.3 Å². The van der Waals surface area contributed by atoms with E-state index in [2.05, 4.69) is 123 Å². The quantitative estimate of drug-likeness (QED) is 0.131. The molecule has 0 saturated carbocycles. The predicted molar refractivity (Wildman–Crippen MR) is 253 cm³/mol. The molecule has 2 aliphatic heterocycles. The van der Waals surface area contributed by atoms with Gasteiger partial charge >= 0.3 is 27.1 Å². The molecule has 9 heteroatoms. The van der Waals surface area contributed by atoms with Crippen molar-refractivity contribution in [3.05, 3.63) is 158 Å². The molecule has 0 atom stereocenters. The number of rotatable bonds is 5. The summed E-state index contributed by atoms with van der Waals surface area (Å²) in [6, 6.07) is 28.0. The third-order valence-electron chi connectivity index (χ3n) is 11.9. The van der Waals surface area contributed by atoms with Gasteiger partial charge in [0.05, 0.1) is 28.1 Å². The third-order valence-corrected chi connectivity index (χ3v) is 12.9. The first-order valence-electron chi connectivity index (χ1n) is 20.5. The minimum absolute atomic E-state index is 0. The van der Waals surface area contributed by atoms with Gasteiger partial charge in [-0.3, -0.25) is 4.57 Å². The van der Waals surface area contributed by atoms with Crippen molar-refractivity contribution in [1.82, 2.24) is 19.9 Å². The molecular weight excluding hydrogens is 837 g/mol. The fourth-order valence-electron chi connectivity index (χ4n) is 9.70. The summed E-state index contributed by atoms with van der Waals surface area (Å²) in [5, 5.41) is -0.0531. The van der Waals surface area contributed by atoms with E-state index in [-0.39, 0.29) is 24.8 Å². The topological polar surface area (TPSA) is 112 Å². The normalized spacial score (nSPS) is 12.2. The van der Waals surface area contributed by atoms with Crippen LogP contribution < -0.4 is 15.3 Å². The summed E-state index contributed by atoms with van der Waals surface area (Å²) in [6.45, 7) is 19.3. The van der Waals surface area contributed by atoms with Gasteiger partial charge in [-0.1, -0.05) is 89.5 Å². The van der Waals surface area contributed by atoms with Crippen LogP contribution in [0.5, 0.6) is 0 Å². The van der Waals surface area contributed by atoms with Crippen LogP contribution in [0.1, 0.15) is 72.8 Å². The van der Waals surface area contributed by atoms with Gasteiger partial charge < -0.3 is 19.8 Å². The van der Waals surface area contributed by atoms with Gasteiger partial charge in [-0.2, -0.15) is 0 Å². The van der Waals surface area contributed by atoms with Crippen LogP contribution in [0.2, 0.25) is 0 Å². The number of hydrogen-bond acceptors (Lipinski definition) is 3. The van der Waals surface area contributed by atoms with E-state index < -0.39 is 7.60 Å². The first-order chi connectivity index (χ1) is 29.0. The van der Waals surface area contributed by atoms with Gasteiger partial charge in [0.25, 0.3) is 0 Å². The molecule has 7 nitrogen and oxygen atoms in total. The summed E-state index contributed by atoms with van der Waals surface area (Å²) in [5.41, 5.74) is 24.0. The Kier molecular flexibility index (Phi) is 11.2. The molecule has 0 amide bonds. The Balaban J connectivity index is 0.00000529. The largest absolute Gasteiger partial charge is 2.00 e. The summed E-state index contributed by atoms with van der Waals surface area (Å²) in [7, 11) is -4.47. The molecule has 7 aromatic rings. The Morgan fingerprint density at radius 1 is 0.403 bits per heavy atom. The molecule has 0 fully saturated rings. The van der Waals surface area contributed by atoms with Crippen molar-refractivity contribution < 1.29 is 33.8 Å². The second-order valence-corrected chi connectivity index (χ2v) is 18.4. The van der Waals surface area contributed by atoms with E-state index in [9.17, 15) is 14.4 Å². The average molecular weight is 884 g/mol. The Morgan fingerprint density at radius 3 is 0.968 bits per heavy atom. The summed E-state index contributed by atoms with van der Waals surface area (Å²) in [6.07, 6.45) is 8.27. The Hall–Kier alpha value is -5.75. The maximum Gasteiger partial charge on any atom is 2.00 e. The Morgan fingerprint density at radius 2 is 0.677 bits per heavy atom. The van der Waals surface area contributed by atoms with Crippen LogP contribution in [0, 0.1) is 62.3 Å². The van der Waals surface area contributed by atoms with Crippen LogP contribution in [-0.2, 0) is 24.0 Å². The first-order valence-corrected chi connectivity index (χ1v) is 22.1. The number of fused-ring (bicyclic) bond motifs is 8. The van der Waals surface area contributed by atoms with E-state index in [0.29, 0.717) is 11.2 Å². The maximum absolute atomic E-state index is 12.3. The molecule has 0 unspecified atom stereocenters. The molecule has 5 heterocycles. The molecule has 0 spiro atoms. The zero-order valence-corrected chi connectivity index (χ0v) is 40.5. The zero-order chi connectivity index (χ0) is 43.1. The van der Waals surface area contributed by atoms with Gasteiger partial charge in [0.1, 0.15) is 0 Å². The number of benzene rings is 4. The number of hydrogen-bond donors (Lipinski definition) is 2. The van der Waals surface area contributed by atoms with Gasteiger partial charge in [0.15, 0.2) is 0 Å². The second kappa shape index (κ2) is 16.2. The molecule has 9 rings (SSSR count). The third kappa shape index (κ3) is 7.60. The smallest absolute Gasteiger partial charge is 0.657 e. The fourth-order valence-corrected chi connectivity index (χ4v) is 10.2. The predicted octanol–water partition coefficient (Wildman–Crippen LogP) is 12.2. The van der Waals surface area contributed by atoms with Gasteiger partial charge in [-0.25, -0.2) is 9.97 Å². The van der Waals surface area contributed by atoms with Gasteiger partial charge in [-0.15, -0.1) is 22.1 Å². The minimum Gasteiger partial charge on any atom is -0.657 e. The minimum atomic E-state index is -4.47. The maximum atomic E-state index is 12.3. The molecule has 3 aromatic heterocycles. The second-order valence-electron chi connectivity index (χ2n) is 16.8. The van der Waals surface area contributed by atoms with E-state index in [4.69, 9.17) is 19.9 Å². The molecule has 8 bridgehead atoms. The Labute approximate surface area is 375 Å². The van der Waals surface area contributed by atoms with Gasteiger partial charge in [-0.05, 0) is 177 Å². The van der Waals surface area contributed by atoms with Crippen molar-refractivity contribution in [3.8, 4) is 44.5 Å². The molecule has 4 aromatic carbocycles. The number of aromatic nitrogens is 4. The molecule has 304 valence electrons. The Bertz CT molecular complexity index is 3170. The van der Waals surface area contributed by atoms with E-state index in [1.807, 2.05) is 24.3 Å². The van der Waals surface area contributed by atoms with Crippen LogP contribution in [0.15, 0.2) is 84.9 Å². The van der Waals surface area contributed by atoms with Crippen molar-refractivity contribution in [2.24, 2.45) is 0 Å². The molecule has 2 aliphatic rings. The first kappa shape index (κ1) is 42.9. The number of aryl methyl sites for hydroxylation is 9. The summed E-state index contributed by atoms with van der Waals surface area (Å²) < 4.78 is 12.3. The molecule has 0 saturated heterocycles.